The number of amidine groups is 2. The van der Waals surface area contributed by atoms with Crippen molar-refractivity contribution in [3.8, 4) is 0 Å². The average Bonchev–Trinajstić information content (AvgIpc) is 3.42. The number of hydrogen-bond acceptors (Lipinski definition) is 7. The number of aromatic nitrogens is 2. The van der Waals surface area contributed by atoms with Gasteiger partial charge in [-0.3, -0.25) is 4.99 Å². The number of aliphatic hydroxyl groups is 2. The van der Waals surface area contributed by atoms with Crippen molar-refractivity contribution in [3.05, 3.63) is 59.9 Å². The predicted molar refractivity (Wildman–Crippen MR) is 119 cm³/mol. The van der Waals surface area contributed by atoms with Crippen LogP contribution in [0, 0.1) is 0 Å². The van der Waals surface area contributed by atoms with Gasteiger partial charge in [-0.15, -0.1) is 0 Å². The van der Waals surface area contributed by atoms with Crippen LogP contribution in [0.15, 0.2) is 58.8 Å². The molecule has 0 atom stereocenters. The highest BCUT2D eigenvalue weighted by molar-refractivity contribution is 6.20. The fourth-order valence-corrected chi connectivity index (χ4v) is 3.81. The number of imidazole rings is 1. The summed E-state index contributed by atoms with van der Waals surface area (Å²) in [5.74, 6) is 1.65. The zero-order valence-electron chi connectivity index (χ0n) is 16.6. The fourth-order valence-electron chi connectivity index (χ4n) is 3.81. The summed E-state index contributed by atoms with van der Waals surface area (Å²) < 4.78 is 0. The molecule has 1 aromatic heterocycles. The second-order valence-electron chi connectivity index (χ2n) is 7.34. The first-order valence-electron chi connectivity index (χ1n) is 9.85. The predicted octanol–water partition coefficient (Wildman–Crippen LogP) is 2.70. The van der Waals surface area contributed by atoms with E-state index in [0.717, 1.165) is 40.4 Å². The first-order valence-corrected chi connectivity index (χ1v) is 9.85. The van der Waals surface area contributed by atoms with Gasteiger partial charge in [0.05, 0.1) is 36.2 Å². The largest absolute Gasteiger partial charge is 0.507 e. The average molecular weight is 402 g/mol. The van der Waals surface area contributed by atoms with Crippen LogP contribution in [0.1, 0.15) is 11.1 Å². The number of fused-ring (bicyclic) bond motifs is 4. The molecule has 30 heavy (non-hydrogen) atoms. The molecule has 0 radical (unpaired) electrons. The fraction of sp³-hybridized carbons (Fsp3) is 0.227. The monoisotopic (exact) mass is 402 g/mol. The molecule has 2 aliphatic rings. The van der Waals surface area contributed by atoms with E-state index in [4.69, 9.17) is 4.99 Å². The third-order valence-corrected chi connectivity index (χ3v) is 5.43. The van der Waals surface area contributed by atoms with Gasteiger partial charge in [-0.25, -0.2) is 9.98 Å². The van der Waals surface area contributed by atoms with Gasteiger partial charge < -0.3 is 25.0 Å². The Bertz CT molecular complexity index is 1210. The molecule has 2 aliphatic heterocycles. The standard InChI is InChI=1S/C22H22N6O2/c1-27(8-9-29)15-3-4-16-18(11-15)26-21(28-7-6-23-22(16)28)12-20(30)14-2-5-17-19(10-14)25-13-24-17/h2-5,10-13,29-30H,6-9H2,1H3,(H,24,25)/b20-12-. The van der Waals surface area contributed by atoms with Gasteiger partial charge >= 0.3 is 0 Å². The summed E-state index contributed by atoms with van der Waals surface area (Å²) in [4.78, 5) is 20.8. The van der Waals surface area contributed by atoms with E-state index in [1.54, 1.807) is 12.4 Å². The number of likely N-dealkylation sites (N-methyl/N-ethyl adjacent to an activating group) is 1. The normalized spacial score (nSPS) is 15.7. The Labute approximate surface area is 173 Å². The van der Waals surface area contributed by atoms with Crippen LogP contribution in [0.4, 0.5) is 11.4 Å². The molecule has 0 saturated heterocycles. The Hall–Kier alpha value is -3.65. The molecule has 0 bridgehead atoms. The molecular formula is C22H22N6O2. The topological polar surface area (TPSA) is 100 Å². The zero-order valence-corrected chi connectivity index (χ0v) is 16.6. The van der Waals surface area contributed by atoms with Crippen LogP contribution in [0.2, 0.25) is 0 Å². The van der Waals surface area contributed by atoms with Gasteiger partial charge in [0.15, 0.2) is 0 Å². The number of nitrogens with one attached hydrogen (secondary N) is 1. The lowest BCUT2D eigenvalue weighted by atomic mass is 10.1. The summed E-state index contributed by atoms with van der Waals surface area (Å²) in [5, 5.41) is 20.0. The lowest BCUT2D eigenvalue weighted by Crippen LogP contribution is -2.36. The Kier molecular flexibility index (Phi) is 4.48. The number of H-pyrrole nitrogens is 1. The van der Waals surface area contributed by atoms with E-state index in [2.05, 4.69) is 15.0 Å². The highest BCUT2D eigenvalue weighted by Gasteiger charge is 2.29. The van der Waals surface area contributed by atoms with Gasteiger partial charge in [0.2, 0.25) is 0 Å². The highest BCUT2D eigenvalue weighted by atomic mass is 16.3. The van der Waals surface area contributed by atoms with Crippen molar-refractivity contribution in [1.29, 1.82) is 0 Å². The first-order chi connectivity index (χ1) is 14.6. The maximum Gasteiger partial charge on any atom is 0.138 e. The molecule has 5 rings (SSSR count). The molecule has 2 aromatic carbocycles. The molecular weight excluding hydrogens is 380 g/mol. The molecule has 0 saturated carbocycles. The van der Waals surface area contributed by atoms with Crippen LogP contribution in [0.5, 0.6) is 0 Å². The van der Waals surface area contributed by atoms with Gasteiger partial charge in [0, 0.05) is 43.0 Å². The quantitative estimate of drug-likeness (QED) is 0.570. The number of anilines is 1. The molecule has 0 unspecified atom stereocenters. The summed E-state index contributed by atoms with van der Waals surface area (Å²) in [5.41, 5.74) is 5.14. The van der Waals surface area contributed by atoms with Crippen molar-refractivity contribution in [3.63, 3.8) is 0 Å². The van der Waals surface area contributed by atoms with Crippen molar-refractivity contribution >= 4 is 39.8 Å². The minimum Gasteiger partial charge on any atom is -0.507 e. The molecule has 152 valence electrons. The minimum absolute atomic E-state index is 0.0829. The van der Waals surface area contributed by atoms with Crippen molar-refractivity contribution in [2.75, 3.05) is 38.2 Å². The molecule has 8 nitrogen and oxygen atoms in total. The Morgan fingerprint density at radius 3 is 3.03 bits per heavy atom. The van der Waals surface area contributed by atoms with E-state index >= 15 is 0 Å². The van der Waals surface area contributed by atoms with Crippen LogP contribution < -0.4 is 4.90 Å². The molecule has 0 aliphatic carbocycles. The molecule has 3 aromatic rings. The summed E-state index contributed by atoms with van der Waals surface area (Å²) >= 11 is 0. The number of aliphatic imine (C=N–C) groups is 2. The number of nitrogens with zero attached hydrogens (tertiary/aromatic N) is 5. The highest BCUT2D eigenvalue weighted by Crippen LogP contribution is 2.33. The lowest BCUT2D eigenvalue weighted by Gasteiger charge is -2.27. The number of rotatable bonds is 5. The minimum atomic E-state index is 0.0829. The van der Waals surface area contributed by atoms with E-state index in [1.165, 1.54) is 0 Å². The van der Waals surface area contributed by atoms with Crippen LogP contribution in [0.3, 0.4) is 0 Å². The molecule has 3 N–H and O–H groups in total. The van der Waals surface area contributed by atoms with Gasteiger partial charge in [-0.2, -0.15) is 0 Å². The third-order valence-electron chi connectivity index (χ3n) is 5.43. The lowest BCUT2D eigenvalue weighted by molar-refractivity contribution is 0.304. The summed E-state index contributed by atoms with van der Waals surface area (Å²) in [6, 6.07) is 11.6. The van der Waals surface area contributed by atoms with E-state index in [1.807, 2.05) is 53.2 Å². The van der Waals surface area contributed by atoms with E-state index in [-0.39, 0.29) is 12.4 Å². The van der Waals surface area contributed by atoms with E-state index in [0.29, 0.717) is 24.5 Å². The Balaban J connectivity index is 1.55. The zero-order chi connectivity index (χ0) is 20.7. The maximum atomic E-state index is 10.8. The Morgan fingerprint density at radius 2 is 2.17 bits per heavy atom. The summed E-state index contributed by atoms with van der Waals surface area (Å²) in [7, 11) is 1.93. The number of aromatic amines is 1. The van der Waals surface area contributed by atoms with Crippen LogP contribution in [-0.2, 0) is 0 Å². The van der Waals surface area contributed by atoms with Crippen molar-refractivity contribution in [2.24, 2.45) is 9.98 Å². The van der Waals surface area contributed by atoms with Gasteiger partial charge in [0.25, 0.3) is 0 Å². The second-order valence-corrected chi connectivity index (χ2v) is 7.34. The number of benzene rings is 2. The van der Waals surface area contributed by atoms with Crippen LogP contribution in [0.25, 0.3) is 16.8 Å². The van der Waals surface area contributed by atoms with Gasteiger partial charge in [0.1, 0.15) is 17.4 Å². The molecule has 0 spiro atoms. The first kappa shape index (κ1) is 18.4. The maximum absolute atomic E-state index is 10.8. The van der Waals surface area contributed by atoms with Crippen LogP contribution >= 0.6 is 0 Å². The van der Waals surface area contributed by atoms with Crippen molar-refractivity contribution < 1.29 is 10.2 Å². The summed E-state index contributed by atoms with van der Waals surface area (Å²) in [6.45, 7) is 2.04. The van der Waals surface area contributed by atoms with Crippen molar-refractivity contribution in [2.45, 2.75) is 0 Å². The van der Waals surface area contributed by atoms with Crippen LogP contribution in [-0.4, -0.2) is 70.0 Å². The summed E-state index contributed by atoms with van der Waals surface area (Å²) in [6.07, 6.45) is 3.32. The third kappa shape index (κ3) is 3.11. The van der Waals surface area contributed by atoms with Gasteiger partial charge in [-0.1, -0.05) is 0 Å². The molecule has 0 amide bonds. The molecule has 8 heteroatoms. The smallest absolute Gasteiger partial charge is 0.138 e. The molecule has 3 heterocycles. The van der Waals surface area contributed by atoms with E-state index < -0.39 is 0 Å². The number of hydrogen-bond donors (Lipinski definition) is 3. The number of aliphatic hydroxyl groups excluding tert-OH is 2. The van der Waals surface area contributed by atoms with Gasteiger partial charge in [-0.05, 0) is 36.4 Å². The SMILES string of the molecule is CN(CCO)c1ccc2c(c1)N=C(/C=C(\O)c1ccc3[nH]cnc3c1)N1CCN=C21. The molecule has 0 fully saturated rings. The Morgan fingerprint density at radius 1 is 1.27 bits per heavy atom. The van der Waals surface area contributed by atoms with E-state index in [9.17, 15) is 10.2 Å². The van der Waals surface area contributed by atoms with Crippen molar-refractivity contribution in [1.82, 2.24) is 14.9 Å². The second kappa shape index (κ2) is 7.31.